The van der Waals surface area contributed by atoms with Crippen molar-refractivity contribution in [1.29, 1.82) is 0 Å². The molecule has 2 aliphatic rings. The highest BCUT2D eigenvalue weighted by Crippen LogP contribution is 2.32. The maximum atomic E-state index is 11.7. The summed E-state index contributed by atoms with van der Waals surface area (Å²) in [7, 11) is 0. The molecule has 0 aromatic carbocycles. The van der Waals surface area contributed by atoms with E-state index in [4.69, 9.17) is 10.9 Å². The lowest BCUT2D eigenvalue weighted by molar-refractivity contribution is -0.133. The zero-order chi connectivity index (χ0) is 10.8. The highest BCUT2D eigenvalue weighted by molar-refractivity contribution is 5.83. The standard InChI is InChI=1S/C10H17N3O2/c11-9(12-15)7-3-5-13(6-4-7)10(14)8-1-2-8/h7-8,15H,1-6H2,(H2,11,12). The van der Waals surface area contributed by atoms with Crippen LogP contribution in [0.5, 0.6) is 0 Å². The molecule has 0 bridgehead atoms. The minimum absolute atomic E-state index is 0.137. The van der Waals surface area contributed by atoms with Crippen molar-refractivity contribution >= 4 is 11.7 Å². The molecule has 5 heteroatoms. The summed E-state index contributed by atoms with van der Waals surface area (Å²) in [6.45, 7) is 1.49. The largest absolute Gasteiger partial charge is 0.409 e. The van der Waals surface area contributed by atoms with E-state index in [1.165, 1.54) is 0 Å². The zero-order valence-corrected chi connectivity index (χ0v) is 8.72. The Morgan fingerprint density at radius 3 is 2.27 bits per heavy atom. The third-order valence-electron chi connectivity index (χ3n) is 3.27. The first kappa shape index (κ1) is 10.3. The normalized spacial score (nSPS) is 24.3. The van der Waals surface area contributed by atoms with Crippen molar-refractivity contribution in [2.75, 3.05) is 13.1 Å². The number of rotatable bonds is 2. The number of carbonyl (C=O) groups is 1. The summed E-state index contributed by atoms with van der Waals surface area (Å²) in [5, 5.41) is 11.6. The Balaban J connectivity index is 1.83. The van der Waals surface area contributed by atoms with Crippen LogP contribution in [0.1, 0.15) is 25.7 Å². The molecule has 0 radical (unpaired) electrons. The van der Waals surface area contributed by atoms with Gasteiger partial charge in [0, 0.05) is 24.9 Å². The molecular weight excluding hydrogens is 194 g/mol. The Hall–Kier alpha value is -1.26. The van der Waals surface area contributed by atoms with Gasteiger partial charge in [0.05, 0.1) is 0 Å². The Bertz CT molecular complexity index is 278. The van der Waals surface area contributed by atoms with Crippen LogP contribution in [0.3, 0.4) is 0 Å². The quantitative estimate of drug-likeness (QED) is 0.300. The summed E-state index contributed by atoms with van der Waals surface area (Å²) in [5.74, 6) is 1.03. The Kier molecular flexibility index (Phi) is 2.79. The first-order valence-electron chi connectivity index (χ1n) is 5.48. The van der Waals surface area contributed by atoms with E-state index in [0.717, 1.165) is 38.8 Å². The molecular formula is C10H17N3O2. The van der Waals surface area contributed by atoms with Crippen LogP contribution in [0, 0.1) is 11.8 Å². The number of amides is 1. The fraction of sp³-hybridized carbons (Fsp3) is 0.800. The second kappa shape index (κ2) is 4.08. The van der Waals surface area contributed by atoms with Gasteiger partial charge in [0.25, 0.3) is 0 Å². The third kappa shape index (κ3) is 2.22. The van der Waals surface area contributed by atoms with E-state index < -0.39 is 0 Å². The molecule has 15 heavy (non-hydrogen) atoms. The predicted octanol–water partition coefficient (Wildman–Crippen LogP) is 0.381. The molecule has 2 rings (SSSR count). The summed E-state index contributed by atoms with van der Waals surface area (Å²) in [4.78, 5) is 13.6. The van der Waals surface area contributed by atoms with Gasteiger partial charge in [-0.25, -0.2) is 0 Å². The molecule has 1 aliphatic carbocycles. The highest BCUT2D eigenvalue weighted by atomic mass is 16.4. The number of oxime groups is 1. The second-order valence-corrected chi connectivity index (χ2v) is 4.40. The van der Waals surface area contributed by atoms with Crippen molar-refractivity contribution in [3.05, 3.63) is 0 Å². The maximum absolute atomic E-state index is 11.7. The number of likely N-dealkylation sites (tertiary alicyclic amines) is 1. The number of carbonyl (C=O) groups excluding carboxylic acids is 1. The number of amidine groups is 1. The molecule has 5 nitrogen and oxygen atoms in total. The van der Waals surface area contributed by atoms with Gasteiger partial charge in [-0.15, -0.1) is 0 Å². The first-order valence-corrected chi connectivity index (χ1v) is 5.48. The minimum Gasteiger partial charge on any atom is -0.409 e. The van der Waals surface area contributed by atoms with Gasteiger partial charge in [0.1, 0.15) is 5.84 Å². The zero-order valence-electron chi connectivity index (χ0n) is 8.72. The molecule has 1 amide bonds. The molecule has 1 aliphatic heterocycles. The van der Waals surface area contributed by atoms with Gasteiger partial charge in [-0.3, -0.25) is 4.79 Å². The Morgan fingerprint density at radius 1 is 1.20 bits per heavy atom. The van der Waals surface area contributed by atoms with E-state index in [-0.39, 0.29) is 5.92 Å². The number of nitrogens with zero attached hydrogens (tertiary/aromatic N) is 2. The van der Waals surface area contributed by atoms with Crippen molar-refractivity contribution in [2.24, 2.45) is 22.7 Å². The van der Waals surface area contributed by atoms with Gasteiger partial charge < -0.3 is 15.8 Å². The van der Waals surface area contributed by atoms with Crippen LogP contribution >= 0.6 is 0 Å². The van der Waals surface area contributed by atoms with E-state index in [2.05, 4.69) is 5.16 Å². The maximum Gasteiger partial charge on any atom is 0.225 e. The van der Waals surface area contributed by atoms with Crippen LogP contribution in [-0.4, -0.2) is 34.9 Å². The average Bonchev–Trinajstić information content (AvgIpc) is 3.11. The lowest BCUT2D eigenvalue weighted by atomic mass is 9.95. The van der Waals surface area contributed by atoms with Crippen LogP contribution in [0.15, 0.2) is 5.16 Å². The van der Waals surface area contributed by atoms with E-state index in [1.54, 1.807) is 0 Å². The first-order chi connectivity index (χ1) is 7.22. The van der Waals surface area contributed by atoms with Gasteiger partial charge >= 0.3 is 0 Å². The molecule has 1 heterocycles. The predicted molar refractivity (Wildman–Crippen MR) is 55.4 cm³/mol. The van der Waals surface area contributed by atoms with Crippen LogP contribution in [0.25, 0.3) is 0 Å². The summed E-state index contributed by atoms with van der Waals surface area (Å²) in [6, 6.07) is 0. The van der Waals surface area contributed by atoms with Gasteiger partial charge in [-0.1, -0.05) is 5.16 Å². The topological polar surface area (TPSA) is 78.9 Å². The summed E-state index contributed by atoms with van der Waals surface area (Å²) in [5.41, 5.74) is 5.54. The van der Waals surface area contributed by atoms with E-state index in [1.807, 2.05) is 4.90 Å². The molecule has 84 valence electrons. The van der Waals surface area contributed by atoms with Crippen molar-refractivity contribution in [3.8, 4) is 0 Å². The fourth-order valence-corrected chi connectivity index (χ4v) is 2.07. The van der Waals surface area contributed by atoms with Crippen molar-refractivity contribution in [1.82, 2.24) is 4.90 Å². The van der Waals surface area contributed by atoms with E-state index in [0.29, 0.717) is 17.7 Å². The van der Waals surface area contributed by atoms with Crippen molar-refractivity contribution < 1.29 is 10.0 Å². The van der Waals surface area contributed by atoms with E-state index >= 15 is 0 Å². The monoisotopic (exact) mass is 211 g/mol. The lowest BCUT2D eigenvalue weighted by Gasteiger charge is -2.31. The third-order valence-corrected chi connectivity index (χ3v) is 3.27. The van der Waals surface area contributed by atoms with Crippen LogP contribution < -0.4 is 5.73 Å². The lowest BCUT2D eigenvalue weighted by Crippen LogP contribution is -2.42. The molecule has 0 atom stereocenters. The Labute approximate surface area is 88.9 Å². The highest BCUT2D eigenvalue weighted by Gasteiger charge is 2.35. The fourth-order valence-electron chi connectivity index (χ4n) is 2.07. The van der Waals surface area contributed by atoms with Gasteiger partial charge in [-0.2, -0.15) is 0 Å². The van der Waals surface area contributed by atoms with E-state index in [9.17, 15) is 4.79 Å². The number of piperidine rings is 1. The summed E-state index contributed by atoms with van der Waals surface area (Å²) in [6.07, 6.45) is 3.74. The summed E-state index contributed by atoms with van der Waals surface area (Å²) < 4.78 is 0. The SMILES string of the molecule is NC(=NO)C1CCN(C(=O)C2CC2)CC1. The number of hydrogen-bond donors (Lipinski definition) is 2. The second-order valence-electron chi connectivity index (χ2n) is 4.40. The average molecular weight is 211 g/mol. The van der Waals surface area contributed by atoms with Crippen LogP contribution in [0.2, 0.25) is 0 Å². The Morgan fingerprint density at radius 2 is 1.80 bits per heavy atom. The van der Waals surface area contributed by atoms with Crippen molar-refractivity contribution in [2.45, 2.75) is 25.7 Å². The van der Waals surface area contributed by atoms with Gasteiger partial charge in [0.2, 0.25) is 5.91 Å². The molecule has 0 aromatic heterocycles. The molecule has 0 unspecified atom stereocenters. The molecule has 1 saturated carbocycles. The summed E-state index contributed by atoms with van der Waals surface area (Å²) >= 11 is 0. The van der Waals surface area contributed by atoms with Gasteiger partial charge in [-0.05, 0) is 25.7 Å². The molecule has 2 fully saturated rings. The van der Waals surface area contributed by atoms with Crippen LogP contribution in [0.4, 0.5) is 0 Å². The number of nitrogens with two attached hydrogens (primary N) is 1. The molecule has 1 saturated heterocycles. The van der Waals surface area contributed by atoms with Crippen LogP contribution in [-0.2, 0) is 4.79 Å². The molecule has 0 spiro atoms. The van der Waals surface area contributed by atoms with Crippen molar-refractivity contribution in [3.63, 3.8) is 0 Å². The minimum atomic E-state index is 0.137. The molecule has 0 aromatic rings. The smallest absolute Gasteiger partial charge is 0.225 e. The van der Waals surface area contributed by atoms with Gasteiger partial charge in [0.15, 0.2) is 0 Å². The number of hydrogen-bond acceptors (Lipinski definition) is 3. The molecule has 3 N–H and O–H groups in total.